The first-order valence-corrected chi connectivity index (χ1v) is 29.4. The summed E-state index contributed by atoms with van der Waals surface area (Å²) in [4.78, 5) is 12.5. The summed E-state index contributed by atoms with van der Waals surface area (Å²) in [5.41, 5.74) is 0. The lowest BCUT2D eigenvalue weighted by Crippen LogP contribution is -2.45. The molecule has 0 spiro atoms. The number of allylic oxidation sites excluding steroid dienone is 16. The van der Waals surface area contributed by atoms with Gasteiger partial charge in [0.05, 0.1) is 18.8 Å². The Morgan fingerprint density at radius 1 is 0.368 bits per heavy atom. The van der Waals surface area contributed by atoms with Crippen molar-refractivity contribution < 1.29 is 15.0 Å². The average Bonchev–Trinajstić information content (AvgIpc) is 3.34. The predicted molar refractivity (Wildman–Crippen MR) is 303 cm³/mol. The maximum absolute atomic E-state index is 12.5. The van der Waals surface area contributed by atoms with Crippen molar-refractivity contribution in [2.75, 3.05) is 6.61 Å². The molecule has 0 saturated carbocycles. The van der Waals surface area contributed by atoms with Crippen molar-refractivity contribution in [1.82, 2.24) is 5.32 Å². The van der Waals surface area contributed by atoms with E-state index in [4.69, 9.17) is 0 Å². The number of amides is 1. The van der Waals surface area contributed by atoms with Crippen molar-refractivity contribution in [1.29, 1.82) is 0 Å². The Labute approximate surface area is 424 Å². The van der Waals surface area contributed by atoms with Crippen LogP contribution >= 0.6 is 0 Å². The monoisotopic (exact) mass is 944 g/mol. The Bertz CT molecular complexity index is 1250. The molecule has 0 bridgehead atoms. The number of carbonyl (C=O) groups excluding carboxylic acids is 1. The number of aliphatic hydroxyl groups is 2. The highest BCUT2D eigenvalue weighted by Gasteiger charge is 2.20. The Balaban J connectivity index is 3.57. The number of hydrogen-bond donors (Lipinski definition) is 3. The Morgan fingerprint density at radius 3 is 0.941 bits per heavy atom. The molecule has 2 unspecified atom stereocenters. The first kappa shape index (κ1) is 65.3. The van der Waals surface area contributed by atoms with Gasteiger partial charge in [0.25, 0.3) is 0 Å². The lowest BCUT2D eigenvalue weighted by molar-refractivity contribution is -0.123. The Morgan fingerprint density at radius 2 is 0.647 bits per heavy atom. The molecule has 392 valence electrons. The second-order valence-corrected chi connectivity index (χ2v) is 19.7. The fraction of sp³-hybridized carbons (Fsp3) is 0.734. The summed E-state index contributed by atoms with van der Waals surface area (Å²) in [6.45, 7) is 4.24. The summed E-state index contributed by atoms with van der Waals surface area (Å²) < 4.78 is 0. The summed E-state index contributed by atoms with van der Waals surface area (Å²) in [5.74, 6) is -0.0741. The van der Waals surface area contributed by atoms with E-state index >= 15 is 0 Å². The average molecular weight is 945 g/mol. The van der Waals surface area contributed by atoms with Crippen LogP contribution in [0.3, 0.4) is 0 Å². The van der Waals surface area contributed by atoms with E-state index in [1.54, 1.807) is 0 Å². The van der Waals surface area contributed by atoms with Gasteiger partial charge in [-0.25, -0.2) is 0 Å². The number of unbranched alkanes of at least 4 members (excludes halogenated alkanes) is 30. The topological polar surface area (TPSA) is 69.6 Å². The molecule has 0 aliphatic carbocycles. The highest BCUT2D eigenvalue weighted by atomic mass is 16.3. The molecule has 0 aliphatic heterocycles. The predicted octanol–water partition coefficient (Wildman–Crippen LogP) is 19.7. The molecule has 4 heteroatoms. The van der Waals surface area contributed by atoms with Gasteiger partial charge in [0.15, 0.2) is 0 Å². The lowest BCUT2D eigenvalue weighted by Gasteiger charge is -2.22. The van der Waals surface area contributed by atoms with Gasteiger partial charge in [0.1, 0.15) is 0 Å². The maximum Gasteiger partial charge on any atom is 0.220 e. The molecule has 0 aliphatic rings. The van der Waals surface area contributed by atoms with E-state index in [1.165, 1.54) is 173 Å². The molecule has 2 atom stereocenters. The maximum atomic E-state index is 12.5. The summed E-state index contributed by atoms with van der Waals surface area (Å²) >= 11 is 0. The molecular formula is C64H113NO3. The second-order valence-electron chi connectivity index (χ2n) is 19.7. The standard InChI is InChI=1S/C64H113NO3/c1-3-5-7-9-11-13-15-17-19-21-23-25-27-29-31-32-34-35-37-39-41-43-45-47-49-51-53-55-57-59-63(67)62(61-66)65-64(68)60-58-56-54-52-50-48-46-44-42-40-38-36-33-30-28-26-24-22-20-18-16-14-12-10-8-6-4-2/h6,8,12,14,18,20,24,26,30,33,38,40,44,46,50,52,62-63,66-67H,3-5,7,9-11,13,15-17,19,21-23,25,27-29,31-32,34-37,39,41-43,45,47-49,51,53-61H2,1-2H3,(H,65,68)/b8-6-,14-12-,20-18-,26-24-,33-30-,40-38-,46-44-,52-50-. The minimum atomic E-state index is -0.687. The third-order valence-electron chi connectivity index (χ3n) is 13.1. The lowest BCUT2D eigenvalue weighted by atomic mass is 10.0. The van der Waals surface area contributed by atoms with Crippen LogP contribution in [0.4, 0.5) is 0 Å². The molecule has 0 aromatic rings. The minimum absolute atomic E-state index is 0.0741. The van der Waals surface area contributed by atoms with Crippen LogP contribution in [0.15, 0.2) is 97.2 Å². The quantitative estimate of drug-likeness (QED) is 0.0420. The van der Waals surface area contributed by atoms with Crippen molar-refractivity contribution in [2.24, 2.45) is 0 Å². The van der Waals surface area contributed by atoms with Crippen molar-refractivity contribution >= 4 is 5.91 Å². The van der Waals surface area contributed by atoms with E-state index in [0.717, 1.165) is 83.5 Å². The van der Waals surface area contributed by atoms with Gasteiger partial charge in [-0.2, -0.15) is 0 Å². The van der Waals surface area contributed by atoms with Crippen LogP contribution in [-0.4, -0.2) is 34.9 Å². The van der Waals surface area contributed by atoms with Gasteiger partial charge < -0.3 is 15.5 Å². The summed E-state index contributed by atoms with van der Waals surface area (Å²) in [5, 5.41) is 23.3. The van der Waals surface area contributed by atoms with Crippen LogP contribution in [0.25, 0.3) is 0 Å². The molecule has 4 nitrogen and oxygen atoms in total. The zero-order valence-corrected chi connectivity index (χ0v) is 45.1. The third-order valence-corrected chi connectivity index (χ3v) is 13.1. The molecule has 0 aromatic carbocycles. The smallest absolute Gasteiger partial charge is 0.220 e. The number of carbonyl (C=O) groups is 1. The Hall–Kier alpha value is -2.69. The van der Waals surface area contributed by atoms with Crippen LogP contribution in [-0.2, 0) is 4.79 Å². The molecule has 68 heavy (non-hydrogen) atoms. The Kier molecular flexibility index (Phi) is 56.3. The first-order chi connectivity index (χ1) is 33.7. The van der Waals surface area contributed by atoms with E-state index in [-0.39, 0.29) is 12.5 Å². The van der Waals surface area contributed by atoms with E-state index in [1.807, 2.05) is 0 Å². The SMILES string of the molecule is CC/C=C\C/C=C\C/C=C\C/C=C\C/C=C\C/C=C\C/C=C\C/C=C\CCCCC(=O)NC(CO)C(O)CCCCCCCCCCCCCCCCCCCCCCCCCCCCCCC. The highest BCUT2D eigenvalue weighted by Crippen LogP contribution is 2.17. The summed E-state index contributed by atoms with van der Waals surface area (Å²) in [6, 6.07) is -0.569. The largest absolute Gasteiger partial charge is 0.394 e. The summed E-state index contributed by atoms with van der Waals surface area (Å²) in [6.07, 6.45) is 86.9. The molecule has 0 aromatic heterocycles. The van der Waals surface area contributed by atoms with Gasteiger partial charge >= 0.3 is 0 Å². The fourth-order valence-corrected chi connectivity index (χ4v) is 8.67. The number of rotatable bonds is 53. The van der Waals surface area contributed by atoms with Gasteiger partial charge in [-0.15, -0.1) is 0 Å². The van der Waals surface area contributed by atoms with Gasteiger partial charge in [0, 0.05) is 6.42 Å². The number of hydrogen-bond acceptors (Lipinski definition) is 3. The van der Waals surface area contributed by atoms with Crippen LogP contribution < -0.4 is 5.32 Å². The molecule has 0 rings (SSSR count). The molecule has 0 saturated heterocycles. The number of nitrogens with one attached hydrogen (secondary N) is 1. The van der Waals surface area contributed by atoms with E-state index < -0.39 is 12.1 Å². The van der Waals surface area contributed by atoms with Gasteiger partial charge in [-0.1, -0.05) is 297 Å². The zero-order valence-electron chi connectivity index (χ0n) is 45.1. The first-order valence-electron chi connectivity index (χ1n) is 29.4. The molecule has 0 fully saturated rings. The zero-order chi connectivity index (χ0) is 49.2. The molecule has 1 amide bonds. The fourth-order valence-electron chi connectivity index (χ4n) is 8.67. The molecular weight excluding hydrogens is 831 g/mol. The van der Waals surface area contributed by atoms with Gasteiger partial charge in [-0.05, 0) is 77.0 Å². The minimum Gasteiger partial charge on any atom is -0.394 e. The molecule has 0 radical (unpaired) electrons. The van der Waals surface area contributed by atoms with Crippen molar-refractivity contribution in [2.45, 2.75) is 296 Å². The van der Waals surface area contributed by atoms with Crippen molar-refractivity contribution in [3.63, 3.8) is 0 Å². The second kappa shape index (κ2) is 58.6. The molecule has 0 heterocycles. The number of aliphatic hydroxyl groups excluding tert-OH is 2. The van der Waals surface area contributed by atoms with E-state index in [2.05, 4.69) is 116 Å². The molecule has 3 N–H and O–H groups in total. The van der Waals surface area contributed by atoms with Crippen molar-refractivity contribution in [3.05, 3.63) is 97.2 Å². The summed E-state index contributed by atoms with van der Waals surface area (Å²) in [7, 11) is 0. The van der Waals surface area contributed by atoms with E-state index in [0.29, 0.717) is 12.8 Å². The van der Waals surface area contributed by atoms with E-state index in [9.17, 15) is 15.0 Å². The van der Waals surface area contributed by atoms with Gasteiger partial charge in [0.2, 0.25) is 5.91 Å². The van der Waals surface area contributed by atoms with Crippen LogP contribution in [0.5, 0.6) is 0 Å². The third kappa shape index (κ3) is 54.3. The normalized spacial score (nSPS) is 13.5. The van der Waals surface area contributed by atoms with Crippen molar-refractivity contribution in [3.8, 4) is 0 Å². The van der Waals surface area contributed by atoms with Gasteiger partial charge in [-0.3, -0.25) is 4.79 Å². The van der Waals surface area contributed by atoms with Crippen LogP contribution in [0.2, 0.25) is 0 Å². The van der Waals surface area contributed by atoms with Crippen LogP contribution in [0, 0.1) is 0 Å². The van der Waals surface area contributed by atoms with Crippen LogP contribution in [0.1, 0.15) is 284 Å². The highest BCUT2D eigenvalue weighted by molar-refractivity contribution is 5.76.